The van der Waals surface area contributed by atoms with Gasteiger partial charge in [-0.1, -0.05) is 97.1 Å². The van der Waals surface area contributed by atoms with Crippen molar-refractivity contribution in [3.63, 3.8) is 0 Å². The lowest BCUT2D eigenvalue weighted by molar-refractivity contribution is 0.955. The van der Waals surface area contributed by atoms with Gasteiger partial charge >= 0.3 is 0 Å². The van der Waals surface area contributed by atoms with Crippen LogP contribution in [0.2, 0.25) is 0 Å². The molecule has 0 aliphatic heterocycles. The molecule has 0 saturated carbocycles. The first-order valence-corrected chi connectivity index (χ1v) is 16.2. The third kappa shape index (κ3) is 3.58. The summed E-state index contributed by atoms with van der Waals surface area (Å²) in [7, 11) is 0. The average Bonchev–Trinajstić information content (AvgIpc) is 3.78. The van der Waals surface area contributed by atoms with Crippen molar-refractivity contribution in [3.8, 4) is 28.7 Å². The van der Waals surface area contributed by atoms with Crippen molar-refractivity contribution in [1.29, 1.82) is 0 Å². The molecule has 6 nitrogen and oxygen atoms in total. The number of hydrogen-bond donors (Lipinski definition) is 0. The number of nitrogens with zero attached hydrogens (tertiary/aromatic N) is 6. The van der Waals surface area contributed by atoms with Crippen LogP contribution in [0.3, 0.4) is 0 Å². The van der Waals surface area contributed by atoms with Gasteiger partial charge in [0.05, 0.1) is 15.7 Å². The van der Waals surface area contributed by atoms with Crippen LogP contribution in [0.25, 0.3) is 91.0 Å². The van der Waals surface area contributed by atoms with Gasteiger partial charge in [-0.2, -0.15) is 9.97 Å². The van der Waals surface area contributed by atoms with Gasteiger partial charge in [0.2, 0.25) is 5.95 Å². The smallest absolute Gasteiger partial charge is 0.238 e. The maximum atomic E-state index is 5.18. The van der Waals surface area contributed by atoms with Crippen molar-refractivity contribution in [2.45, 2.75) is 0 Å². The zero-order chi connectivity index (χ0) is 29.5. The maximum Gasteiger partial charge on any atom is 0.238 e. The van der Waals surface area contributed by atoms with Gasteiger partial charge in [0.25, 0.3) is 0 Å². The predicted octanol–water partition coefficient (Wildman–Crippen LogP) is 9.83. The minimum atomic E-state index is 0.583. The number of thiophene rings is 2. The molecule has 0 unspecified atom stereocenters. The number of aromatic nitrogens is 6. The molecule has 0 fully saturated rings. The van der Waals surface area contributed by atoms with Crippen LogP contribution in [-0.4, -0.2) is 29.5 Å². The van der Waals surface area contributed by atoms with E-state index in [-0.39, 0.29) is 0 Å². The molecule has 0 bridgehead atoms. The molecule has 5 aromatic carbocycles. The molecule has 0 aliphatic rings. The second kappa shape index (κ2) is 9.46. The van der Waals surface area contributed by atoms with E-state index in [2.05, 4.69) is 58.1 Å². The molecule has 0 radical (unpaired) electrons. The number of fused-ring (bicyclic) bond motifs is 12. The summed E-state index contributed by atoms with van der Waals surface area (Å²) >= 11 is 3.54. The first kappa shape index (κ1) is 24.8. The van der Waals surface area contributed by atoms with E-state index in [1.807, 2.05) is 78.2 Å². The summed E-state index contributed by atoms with van der Waals surface area (Å²) in [5.74, 6) is 1.85. The van der Waals surface area contributed by atoms with Crippen LogP contribution < -0.4 is 0 Å². The van der Waals surface area contributed by atoms with E-state index in [9.17, 15) is 0 Å². The Morgan fingerprint density at radius 2 is 1.18 bits per heavy atom. The summed E-state index contributed by atoms with van der Waals surface area (Å²) < 4.78 is 5.89. The van der Waals surface area contributed by atoms with E-state index < -0.39 is 0 Å². The van der Waals surface area contributed by atoms with Crippen LogP contribution in [0.4, 0.5) is 0 Å². The van der Waals surface area contributed by atoms with Crippen molar-refractivity contribution in [2.75, 3.05) is 0 Å². The zero-order valence-electron chi connectivity index (χ0n) is 23.5. The Labute approximate surface area is 263 Å². The van der Waals surface area contributed by atoms with E-state index >= 15 is 0 Å². The van der Waals surface area contributed by atoms with Crippen LogP contribution in [0.1, 0.15) is 0 Å². The molecule has 0 N–H and O–H groups in total. The molecule has 0 atom stereocenters. The molecular formula is C37H20N6S2. The number of benzene rings is 5. The van der Waals surface area contributed by atoms with Crippen molar-refractivity contribution >= 4 is 85.0 Å². The molecule has 0 amide bonds. The van der Waals surface area contributed by atoms with Gasteiger partial charge in [0.15, 0.2) is 11.6 Å². The standard InChI is InChI=1S/C37H20N6S2/c1-3-11-21(12-4-1)34-40-35(22-13-5-2-6-14-22)42-37(41-34)43-26-17-9-7-15-23(26)30-31(43)33-29(25-19-38-20-39-36(25)45-33)28-24-16-8-10-18-27(24)44-32(28)30/h1-20H. The van der Waals surface area contributed by atoms with E-state index in [0.717, 1.165) is 42.5 Å². The molecule has 0 spiro atoms. The second-order valence-corrected chi connectivity index (χ2v) is 13.0. The third-order valence-electron chi connectivity index (χ3n) is 8.42. The molecule has 0 aliphatic carbocycles. The minimum Gasteiger partial charge on any atom is -0.276 e. The molecule has 45 heavy (non-hydrogen) atoms. The maximum absolute atomic E-state index is 5.18. The normalized spacial score (nSPS) is 12.0. The SMILES string of the molecule is c1ccc(-c2nc(-c3ccccc3)nc(-n3c4ccccc4c4c5sc6ccccc6c5c5c6cncnc6sc5c43)n2)cc1. The largest absolute Gasteiger partial charge is 0.276 e. The molecule has 210 valence electrons. The molecule has 10 rings (SSSR count). The Morgan fingerprint density at radius 1 is 0.533 bits per heavy atom. The Hall–Kier alpha value is -5.57. The lowest BCUT2D eigenvalue weighted by Crippen LogP contribution is -2.06. The van der Waals surface area contributed by atoms with Crippen molar-refractivity contribution < 1.29 is 0 Å². The highest BCUT2D eigenvalue weighted by Crippen LogP contribution is 2.51. The topological polar surface area (TPSA) is 69.4 Å². The zero-order valence-corrected chi connectivity index (χ0v) is 25.2. The summed E-state index contributed by atoms with van der Waals surface area (Å²) in [5.41, 5.74) is 4.01. The molecule has 8 heteroatoms. The van der Waals surface area contributed by atoms with E-state index in [1.54, 1.807) is 17.7 Å². The van der Waals surface area contributed by atoms with Crippen LogP contribution in [0.5, 0.6) is 0 Å². The minimum absolute atomic E-state index is 0.583. The molecule has 0 saturated heterocycles. The van der Waals surface area contributed by atoms with Crippen molar-refractivity contribution in [1.82, 2.24) is 29.5 Å². The fourth-order valence-corrected chi connectivity index (χ4v) is 8.95. The molecular weight excluding hydrogens is 593 g/mol. The Morgan fingerprint density at radius 3 is 1.93 bits per heavy atom. The number of rotatable bonds is 3. The van der Waals surface area contributed by atoms with Gasteiger partial charge < -0.3 is 0 Å². The van der Waals surface area contributed by atoms with Gasteiger partial charge in [-0.15, -0.1) is 22.7 Å². The summed E-state index contributed by atoms with van der Waals surface area (Å²) in [6.07, 6.45) is 3.59. The van der Waals surface area contributed by atoms with Gasteiger partial charge in [0.1, 0.15) is 11.2 Å². The highest BCUT2D eigenvalue weighted by atomic mass is 32.1. The summed E-state index contributed by atoms with van der Waals surface area (Å²) in [6.45, 7) is 0. The van der Waals surface area contributed by atoms with Gasteiger partial charge in [-0.3, -0.25) is 4.57 Å². The van der Waals surface area contributed by atoms with Crippen LogP contribution in [0.15, 0.2) is 122 Å². The third-order valence-corrected chi connectivity index (χ3v) is 10.7. The van der Waals surface area contributed by atoms with Gasteiger partial charge in [0, 0.05) is 59.0 Å². The molecule has 5 aromatic heterocycles. The quantitative estimate of drug-likeness (QED) is 0.199. The monoisotopic (exact) mass is 612 g/mol. The lowest BCUT2D eigenvalue weighted by atomic mass is 10.0. The summed E-state index contributed by atoms with van der Waals surface area (Å²) in [5, 5.41) is 7.13. The van der Waals surface area contributed by atoms with Crippen LogP contribution >= 0.6 is 22.7 Å². The highest BCUT2D eigenvalue weighted by Gasteiger charge is 2.26. The first-order chi connectivity index (χ1) is 22.3. The van der Waals surface area contributed by atoms with Crippen molar-refractivity contribution in [2.24, 2.45) is 0 Å². The van der Waals surface area contributed by atoms with Crippen LogP contribution in [0, 0.1) is 0 Å². The van der Waals surface area contributed by atoms with Gasteiger partial charge in [-0.05, 0) is 12.1 Å². The van der Waals surface area contributed by atoms with Gasteiger partial charge in [-0.25, -0.2) is 15.0 Å². The number of para-hydroxylation sites is 1. The molecule has 10 aromatic rings. The Bertz CT molecular complexity index is 2700. The van der Waals surface area contributed by atoms with Crippen molar-refractivity contribution in [3.05, 3.63) is 122 Å². The van der Waals surface area contributed by atoms with E-state index in [4.69, 9.17) is 19.9 Å². The van der Waals surface area contributed by atoms with E-state index in [0.29, 0.717) is 17.6 Å². The van der Waals surface area contributed by atoms with Crippen LogP contribution in [-0.2, 0) is 0 Å². The summed E-state index contributed by atoms with van der Waals surface area (Å²) in [4.78, 5) is 25.5. The Balaban J connectivity index is 1.44. The second-order valence-electron chi connectivity index (χ2n) is 10.9. The predicted molar refractivity (Wildman–Crippen MR) is 186 cm³/mol. The molecule has 5 heterocycles. The number of hydrogen-bond acceptors (Lipinski definition) is 7. The first-order valence-electron chi connectivity index (χ1n) is 14.6. The summed E-state index contributed by atoms with van der Waals surface area (Å²) in [6, 6.07) is 37.5. The lowest BCUT2D eigenvalue weighted by Gasteiger charge is -2.11. The average molecular weight is 613 g/mol. The highest BCUT2D eigenvalue weighted by molar-refractivity contribution is 7.29. The van der Waals surface area contributed by atoms with E-state index in [1.165, 1.54) is 30.9 Å². The fourth-order valence-electron chi connectivity index (χ4n) is 6.52. The Kier molecular flexibility index (Phi) is 5.22. The fraction of sp³-hybridized carbons (Fsp3) is 0.